The van der Waals surface area contributed by atoms with Crippen molar-refractivity contribution in [3.8, 4) is 5.75 Å². The van der Waals surface area contributed by atoms with E-state index in [0.29, 0.717) is 0 Å². The van der Waals surface area contributed by atoms with Gasteiger partial charge in [-0.25, -0.2) is 4.39 Å². The van der Waals surface area contributed by atoms with Crippen molar-refractivity contribution in [2.75, 3.05) is 0 Å². The van der Waals surface area contributed by atoms with Crippen LogP contribution in [0.25, 0.3) is 0 Å². The second kappa shape index (κ2) is 6.23. The smallest absolute Gasteiger partial charge is 0.258 e. The molecule has 1 amide bonds. The summed E-state index contributed by atoms with van der Waals surface area (Å²) in [5.41, 5.74) is -0.282. The molecule has 0 bridgehead atoms. The summed E-state index contributed by atoms with van der Waals surface area (Å²) < 4.78 is 13.4. The van der Waals surface area contributed by atoms with Crippen molar-refractivity contribution >= 4 is 5.91 Å². The Balaban J connectivity index is 2.70. The van der Waals surface area contributed by atoms with E-state index in [1.165, 1.54) is 12.1 Å². The third kappa shape index (κ3) is 3.73. The predicted octanol–water partition coefficient (Wildman–Crippen LogP) is 2.84. The fourth-order valence-electron chi connectivity index (χ4n) is 1.62. The second-order valence-corrected chi connectivity index (χ2v) is 4.15. The van der Waals surface area contributed by atoms with Crippen LogP contribution >= 0.6 is 0 Å². The van der Waals surface area contributed by atoms with E-state index in [1.54, 1.807) is 0 Å². The maximum absolute atomic E-state index is 13.4. The lowest BCUT2D eigenvalue weighted by Gasteiger charge is -2.14. The summed E-state index contributed by atoms with van der Waals surface area (Å²) >= 11 is 0. The van der Waals surface area contributed by atoms with Gasteiger partial charge < -0.3 is 10.4 Å². The van der Waals surface area contributed by atoms with Crippen molar-refractivity contribution in [2.45, 2.75) is 39.2 Å². The van der Waals surface area contributed by atoms with Gasteiger partial charge >= 0.3 is 0 Å². The average Bonchev–Trinajstić information content (AvgIpc) is 2.26. The molecule has 0 spiro atoms. The topological polar surface area (TPSA) is 49.3 Å². The molecule has 0 fully saturated rings. The quantitative estimate of drug-likeness (QED) is 0.830. The zero-order chi connectivity index (χ0) is 12.8. The third-order valence-corrected chi connectivity index (χ3v) is 2.59. The first-order valence-electron chi connectivity index (χ1n) is 5.84. The normalized spacial score (nSPS) is 12.2. The molecule has 1 unspecified atom stereocenters. The van der Waals surface area contributed by atoms with E-state index < -0.39 is 11.7 Å². The second-order valence-electron chi connectivity index (χ2n) is 4.15. The molecule has 0 saturated heterocycles. The van der Waals surface area contributed by atoms with Crippen LogP contribution in [0.1, 0.15) is 43.5 Å². The Morgan fingerprint density at radius 2 is 2.24 bits per heavy atom. The van der Waals surface area contributed by atoms with E-state index >= 15 is 0 Å². The first kappa shape index (κ1) is 13.5. The highest BCUT2D eigenvalue weighted by Gasteiger charge is 2.17. The Kier molecular flexibility index (Phi) is 4.94. The van der Waals surface area contributed by atoms with Gasteiger partial charge in [-0.3, -0.25) is 4.79 Å². The molecule has 4 heteroatoms. The van der Waals surface area contributed by atoms with Gasteiger partial charge in [-0.15, -0.1) is 0 Å². The molecule has 1 rings (SSSR count). The van der Waals surface area contributed by atoms with E-state index in [0.717, 1.165) is 25.3 Å². The van der Waals surface area contributed by atoms with Crippen molar-refractivity contribution in [1.82, 2.24) is 5.32 Å². The molecule has 0 aliphatic heterocycles. The van der Waals surface area contributed by atoms with Crippen LogP contribution in [0.15, 0.2) is 18.2 Å². The highest BCUT2D eigenvalue weighted by Crippen LogP contribution is 2.19. The molecule has 3 nitrogen and oxygen atoms in total. The number of hydrogen-bond donors (Lipinski definition) is 2. The summed E-state index contributed by atoms with van der Waals surface area (Å²) in [6.45, 7) is 3.93. The minimum Gasteiger partial charge on any atom is -0.507 e. The molecule has 0 radical (unpaired) electrons. The van der Waals surface area contributed by atoms with Crippen LogP contribution in [0.4, 0.5) is 4.39 Å². The van der Waals surface area contributed by atoms with Gasteiger partial charge in [0.25, 0.3) is 5.91 Å². The number of carbonyl (C=O) groups is 1. The number of hydrogen-bond acceptors (Lipinski definition) is 2. The van der Waals surface area contributed by atoms with Gasteiger partial charge in [0.05, 0.1) is 0 Å². The van der Waals surface area contributed by atoms with Gasteiger partial charge in [0.15, 0.2) is 0 Å². The standard InChI is InChI=1S/C13H18FNO2/c1-3-4-6-9(2)15-13(17)12-10(14)7-5-8-11(12)16/h5,7-9,16H,3-4,6H2,1-2H3,(H,15,17). The van der Waals surface area contributed by atoms with Crippen LogP contribution in [0, 0.1) is 5.82 Å². The number of nitrogens with one attached hydrogen (secondary N) is 1. The van der Waals surface area contributed by atoms with Crippen LogP contribution < -0.4 is 5.32 Å². The minimum atomic E-state index is -0.704. The third-order valence-electron chi connectivity index (χ3n) is 2.59. The molecule has 0 aromatic heterocycles. The minimum absolute atomic E-state index is 0.0264. The highest BCUT2D eigenvalue weighted by molar-refractivity contribution is 5.97. The molecule has 94 valence electrons. The van der Waals surface area contributed by atoms with E-state index in [-0.39, 0.29) is 17.4 Å². The first-order valence-corrected chi connectivity index (χ1v) is 5.84. The monoisotopic (exact) mass is 239 g/mol. The van der Waals surface area contributed by atoms with Crippen molar-refractivity contribution in [1.29, 1.82) is 0 Å². The van der Waals surface area contributed by atoms with E-state index in [9.17, 15) is 14.3 Å². The molecule has 0 heterocycles. The molecule has 17 heavy (non-hydrogen) atoms. The highest BCUT2D eigenvalue weighted by atomic mass is 19.1. The van der Waals surface area contributed by atoms with Gasteiger partial charge in [0, 0.05) is 6.04 Å². The molecule has 2 N–H and O–H groups in total. The van der Waals surface area contributed by atoms with Crippen molar-refractivity contribution in [3.63, 3.8) is 0 Å². The number of amides is 1. The van der Waals surface area contributed by atoms with Gasteiger partial charge in [-0.1, -0.05) is 25.8 Å². The van der Waals surface area contributed by atoms with Crippen molar-refractivity contribution < 1.29 is 14.3 Å². The number of phenolic OH excluding ortho intramolecular Hbond substituents is 1. The number of rotatable bonds is 5. The zero-order valence-electron chi connectivity index (χ0n) is 10.2. The van der Waals surface area contributed by atoms with Crippen molar-refractivity contribution in [2.24, 2.45) is 0 Å². The maximum Gasteiger partial charge on any atom is 0.258 e. The maximum atomic E-state index is 13.4. The number of benzene rings is 1. The molecule has 1 atom stereocenters. The van der Waals surface area contributed by atoms with Crippen LogP contribution in [0.5, 0.6) is 5.75 Å². The zero-order valence-corrected chi connectivity index (χ0v) is 10.2. The molecule has 1 aromatic rings. The van der Waals surface area contributed by atoms with Gasteiger partial charge in [-0.2, -0.15) is 0 Å². The molecule has 0 aliphatic carbocycles. The fraction of sp³-hybridized carbons (Fsp3) is 0.462. The molecular weight excluding hydrogens is 221 g/mol. The summed E-state index contributed by atoms with van der Waals surface area (Å²) in [7, 11) is 0. The van der Waals surface area contributed by atoms with Crippen LogP contribution in [0.3, 0.4) is 0 Å². The fourth-order valence-corrected chi connectivity index (χ4v) is 1.62. The SMILES string of the molecule is CCCCC(C)NC(=O)c1c(O)cccc1F. The summed E-state index contributed by atoms with van der Waals surface area (Å²) in [6.07, 6.45) is 2.90. The number of aromatic hydroxyl groups is 1. The molecule has 0 saturated carbocycles. The summed E-state index contributed by atoms with van der Waals surface area (Å²) in [5, 5.41) is 12.1. The first-order chi connectivity index (χ1) is 8.06. The lowest BCUT2D eigenvalue weighted by molar-refractivity contribution is 0.0931. The predicted molar refractivity (Wildman–Crippen MR) is 64.5 cm³/mol. The van der Waals surface area contributed by atoms with Crippen molar-refractivity contribution in [3.05, 3.63) is 29.6 Å². The van der Waals surface area contributed by atoms with E-state index in [2.05, 4.69) is 12.2 Å². The Morgan fingerprint density at radius 3 is 2.82 bits per heavy atom. The summed E-state index contributed by atoms with van der Waals surface area (Å²) in [6, 6.07) is 3.80. The Bertz CT molecular complexity index is 373. The summed E-state index contributed by atoms with van der Waals surface area (Å²) in [4.78, 5) is 11.7. The Morgan fingerprint density at radius 1 is 1.53 bits per heavy atom. The van der Waals surface area contributed by atoms with E-state index in [1.807, 2.05) is 6.92 Å². The number of phenols is 1. The lowest BCUT2D eigenvalue weighted by Crippen LogP contribution is -2.33. The van der Waals surface area contributed by atoms with Gasteiger partial charge in [-0.05, 0) is 25.5 Å². The summed E-state index contributed by atoms with van der Waals surface area (Å²) in [5.74, 6) is -1.60. The largest absolute Gasteiger partial charge is 0.507 e. The van der Waals surface area contributed by atoms with Crippen LogP contribution in [0.2, 0.25) is 0 Å². The molecular formula is C13H18FNO2. The molecule has 0 aliphatic rings. The van der Waals surface area contributed by atoms with Crippen LogP contribution in [-0.2, 0) is 0 Å². The van der Waals surface area contributed by atoms with Gasteiger partial charge in [0.1, 0.15) is 17.1 Å². The number of carbonyl (C=O) groups excluding carboxylic acids is 1. The lowest BCUT2D eigenvalue weighted by atomic mass is 10.1. The Hall–Kier alpha value is -1.58. The number of unbranched alkanes of at least 4 members (excludes halogenated alkanes) is 1. The number of halogens is 1. The van der Waals surface area contributed by atoms with Crippen LogP contribution in [-0.4, -0.2) is 17.1 Å². The van der Waals surface area contributed by atoms with Gasteiger partial charge in [0.2, 0.25) is 0 Å². The Labute approximate surface area is 101 Å². The average molecular weight is 239 g/mol. The van der Waals surface area contributed by atoms with E-state index in [4.69, 9.17) is 0 Å². The molecule has 1 aromatic carbocycles.